The average Bonchev–Trinajstić information content (AvgIpc) is 3.80. The van der Waals surface area contributed by atoms with E-state index < -0.39 is 43.1 Å². The Kier molecular flexibility index (Phi) is 13.0. The van der Waals surface area contributed by atoms with Gasteiger partial charge < -0.3 is 20.3 Å². The van der Waals surface area contributed by atoms with Crippen molar-refractivity contribution in [2.75, 3.05) is 36.8 Å². The van der Waals surface area contributed by atoms with Crippen LogP contribution in [0.25, 0.3) is 0 Å². The van der Waals surface area contributed by atoms with E-state index in [1.165, 1.54) is 10.1 Å². The van der Waals surface area contributed by atoms with Gasteiger partial charge in [-0.25, -0.2) is 45.9 Å². The van der Waals surface area contributed by atoms with Gasteiger partial charge in [0.05, 0.1) is 36.0 Å². The number of hydrogen-bond donors (Lipinski definition) is 4. The molecular weight excluding hydrogens is 809 g/mol. The van der Waals surface area contributed by atoms with Crippen LogP contribution in [0.3, 0.4) is 0 Å². The Labute approximate surface area is 351 Å². The van der Waals surface area contributed by atoms with Crippen LogP contribution >= 0.6 is 0 Å². The minimum absolute atomic E-state index is 0.201. The number of anilines is 2. The second-order valence-corrected chi connectivity index (χ2v) is 19.7. The van der Waals surface area contributed by atoms with Gasteiger partial charge in [-0.05, 0) is 125 Å². The van der Waals surface area contributed by atoms with Gasteiger partial charge in [-0.1, -0.05) is 48.5 Å². The summed E-state index contributed by atoms with van der Waals surface area (Å²) in [5, 5.41) is 8.62. The lowest BCUT2D eigenvalue weighted by atomic mass is 10.0. The largest absolute Gasteiger partial charge is 0.444 e. The quantitative estimate of drug-likeness (QED) is 0.142. The summed E-state index contributed by atoms with van der Waals surface area (Å²) in [6, 6.07) is 28.5. The highest BCUT2D eigenvalue weighted by Crippen LogP contribution is 2.21. The highest BCUT2D eigenvalue weighted by Gasteiger charge is 2.31. The number of aliphatic imine (C=N–C) groups is 2. The van der Waals surface area contributed by atoms with Crippen molar-refractivity contribution in [1.82, 2.24) is 19.6 Å². The summed E-state index contributed by atoms with van der Waals surface area (Å²) >= 11 is 0. The zero-order valence-corrected chi connectivity index (χ0v) is 36.0. The number of carbonyl (C=O) groups excluding carboxylic acids is 2. The molecule has 2 aliphatic rings. The molecule has 2 heterocycles. The van der Waals surface area contributed by atoms with Crippen LogP contribution in [-0.4, -0.2) is 88.1 Å². The predicted octanol–water partition coefficient (Wildman–Crippen LogP) is 4.81. The van der Waals surface area contributed by atoms with Crippen molar-refractivity contribution in [2.45, 2.75) is 75.3 Å². The van der Waals surface area contributed by atoms with E-state index >= 15 is 0 Å². The standard InChI is InChI=1S/C42H50N8O8S2/c1-41(2,3)47-59(53,54)35-19-11-31(12-20-35)27-29-7-15-33(16-8-29)45-39-43-23-25-49(39)57-37(51)38(52)58-50-26-24-44-40(50)46-34-17-9-30(10-18-34)28-32-13-21-36(22-14-32)60(55,56)48-42(4,5)6/h7-22,47-48H,23-28H2,1-6H3,(H,43,45)(H,44,46). The molecule has 0 aromatic heterocycles. The molecule has 0 atom stereocenters. The number of nitrogens with one attached hydrogen (secondary N) is 4. The SMILES string of the molecule is CC(C)(C)NS(=O)(=O)c1ccc(Cc2ccc(NC3=NCCN3OC(=O)C(=O)ON3CCN=C3Nc3ccc(Cc4ccc(S(=O)(=O)NC(C)(C)C)cc4)cc3)cc2)cc1. The van der Waals surface area contributed by atoms with Crippen LogP contribution < -0.4 is 20.1 Å². The average molecular weight is 859 g/mol. The summed E-state index contributed by atoms with van der Waals surface area (Å²) in [6.07, 6.45) is 1.16. The van der Waals surface area contributed by atoms with E-state index in [0.717, 1.165) is 22.3 Å². The first-order valence-electron chi connectivity index (χ1n) is 19.3. The van der Waals surface area contributed by atoms with Gasteiger partial charge in [0.25, 0.3) is 0 Å². The number of sulfonamides is 2. The molecule has 0 saturated heterocycles. The molecular formula is C42H50N8O8S2. The summed E-state index contributed by atoms with van der Waals surface area (Å²) < 4.78 is 55.9. The number of hydrogen-bond acceptors (Lipinski definition) is 14. The Morgan fingerprint density at radius 2 is 0.833 bits per heavy atom. The number of carbonyl (C=O) groups is 2. The molecule has 0 spiro atoms. The highest BCUT2D eigenvalue weighted by molar-refractivity contribution is 7.89. The summed E-state index contributed by atoms with van der Waals surface area (Å²) in [5.74, 6) is -1.98. The van der Waals surface area contributed by atoms with E-state index in [9.17, 15) is 26.4 Å². The van der Waals surface area contributed by atoms with E-state index in [1.54, 1.807) is 90.1 Å². The molecule has 0 amide bonds. The number of benzene rings is 4. The molecule has 4 aromatic rings. The van der Waals surface area contributed by atoms with Crippen LogP contribution in [0.15, 0.2) is 117 Å². The zero-order chi connectivity index (χ0) is 43.3. The van der Waals surface area contributed by atoms with Gasteiger partial charge in [0.1, 0.15) is 0 Å². The number of hydroxylamine groups is 4. The lowest BCUT2D eigenvalue weighted by molar-refractivity contribution is -0.198. The van der Waals surface area contributed by atoms with E-state index in [2.05, 4.69) is 30.1 Å². The van der Waals surface area contributed by atoms with Gasteiger partial charge in [-0.15, -0.1) is 0 Å². The fourth-order valence-electron chi connectivity index (χ4n) is 6.16. The highest BCUT2D eigenvalue weighted by atomic mass is 32.2. The van der Waals surface area contributed by atoms with Crippen LogP contribution in [0, 0.1) is 0 Å². The number of rotatable bonds is 12. The maximum absolute atomic E-state index is 12.8. The van der Waals surface area contributed by atoms with E-state index in [1.807, 2.05) is 48.5 Å². The third kappa shape index (κ3) is 12.1. The van der Waals surface area contributed by atoms with Crippen molar-refractivity contribution in [2.24, 2.45) is 9.98 Å². The maximum atomic E-state index is 12.8. The predicted molar refractivity (Wildman–Crippen MR) is 229 cm³/mol. The first-order valence-corrected chi connectivity index (χ1v) is 22.2. The monoisotopic (exact) mass is 858 g/mol. The summed E-state index contributed by atoms with van der Waals surface area (Å²) in [4.78, 5) is 45.5. The summed E-state index contributed by atoms with van der Waals surface area (Å²) in [5.41, 5.74) is 4.02. The Morgan fingerprint density at radius 3 is 1.13 bits per heavy atom. The molecule has 0 fully saturated rings. The third-order valence-electron chi connectivity index (χ3n) is 8.74. The second-order valence-electron chi connectivity index (χ2n) is 16.4. The van der Waals surface area contributed by atoms with Crippen LogP contribution in [0.2, 0.25) is 0 Å². The van der Waals surface area contributed by atoms with Crippen LogP contribution in [0.4, 0.5) is 11.4 Å². The maximum Gasteiger partial charge on any atom is 0.444 e. The first-order chi connectivity index (χ1) is 28.2. The second kappa shape index (κ2) is 17.8. The van der Waals surface area contributed by atoms with Crippen molar-refractivity contribution >= 4 is 55.3 Å². The minimum atomic E-state index is -3.63. The minimum Gasteiger partial charge on any atom is -0.327 e. The van der Waals surface area contributed by atoms with Crippen LogP contribution in [0.1, 0.15) is 63.8 Å². The Bertz CT molecular complexity index is 2290. The molecule has 0 bridgehead atoms. The van der Waals surface area contributed by atoms with Gasteiger partial charge in [0, 0.05) is 22.5 Å². The smallest absolute Gasteiger partial charge is 0.327 e. The molecule has 6 rings (SSSR count). The molecule has 18 heteroatoms. The van der Waals surface area contributed by atoms with E-state index in [4.69, 9.17) is 9.68 Å². The molecule has 0 radical (unpaired) electrons. The summed E-state index contributed by atoms with van der Waals surface area (Å²) in [7, 11) is -7.25. The molecule has 4 N–H and O–H groups in total. The van der Waals surface area contributed by atoms with E-state index in [0.29, 0.717) is 37.3 Å². The Hall–Kier alpha value is -5.82. The van der Waals surface area contributed by atoms with Gasteiger partial charge in [0.15, 0.2) is 0 Å². The molecule has 0 unspecified atom stereocenters. The summed E-state index contributed by atoms with van der Waals surface area (Å²) in [6.45, 7) is 11.9. The van der Waals surface area contributed by atoms with Gasteiger partial charge in [-0.2, -0.15) is 10.1 Å². The molecule has 0 saturated carbocycles. The van der Waals surface area contributed by atoms with Crippen LogP contribution in [-0.2, 0) is 52.2 Å². The topological polar surface area (TPSA) is 200 Å². The first kappa shape index (κ1) is 43.8. The van der Waals surface area contributed by atoms with Crippen molar-refractivity contribution in [1.29, 1.82) is 0 Å². The van der Waals surface area contributed by atoms with Crippen molar-refractivity contribution < 1.29 is 36.1 Å². The fourth-order valence-corrected chi connectivity index (χ4v) is 8.99. The third-order valence-corrected chi connectivity index (χ3v) is 12.3. The molecule has 16 nitrogen and oxygen atoms in total. The lowest BCUT2D eigenvalue weighted by Crippen LogP contribution is -2.41. The molecule has 0 aliphatic carbocycles. The zero-order valence-electron chi connectivity index (χ0n) is 34.4. The molecule has 60 heavy (non-hydrogen) atoms. The fraction of sp³-hybridized carbons (Fsp3) is 0.333. The molecule has 2 aliphatic heterocycles. The number of guanidine groups is 2. The van der Waals surface area contributed by atoms with Gasteiger partial charge in [0.2, 0.25) is 32.0 Å². The Balaban J connectivity index is 0.958. The Morgan fingerprint density at radius 1 is 0.533 bits per heavy atom. The van der Waals surface area contributed by atoms with Gasteiger partial charge in [-0.3, -0.25) is 0 Å². The normalized spacial score (nSPS) is 14.7. The van der Waals surface area contributed by atoms with E-state index in [-0.39, 0.29) is 34.8 Å². The van der Waals surface area contributed by atoms with Gasteiger partial charge >= 0.3 is 11.9 Å². The van der Waals surface area contributed by atoms with Crippen molar-refractivity contribution in [3.63, 3.8) is 0 Å². The van der Waals surface area contributed by atoms with Crippen molar-refractivity contribution in [3.05, 3.63) is 119 Å². The lowest BCUT2D eigenvalue weighted by Gasteiger charge is -2.21. The van der Waals surface area contributed by atoms with Crippen molar-refractivity contribution in [3.8, 4) is 0 Å². The number of nitrogens with zero attached hydrogens (tertiary/aromatic N) is 4. The molecule has 318 valence electrons. The van der Waals surface area contributed by atoms with Crippen LogP contribution in [0.5, 0.6) is 0 Å². The molecule has 4 aromatic carbocycles.